The molecule has 0 unspecified atom stereocenters. The maximum Gasteiger partial charge on any atom is 0.226 e. The summed E-state index contributed by atoms with van der Waals surface area (Å²) in [6.45, 7) is 0.561. The van der Waals surface area contributed by atoms with Crippen LogP contribution in [0.1, 0.15) is 49.3 Å². The van der Waals surface area contributed by atoms with E-state index in [9.17, 15) is 9.59 Å². The molecule has 1 aliphatic heterocycles. The maximum atomic E-state index is 13.0. The molecule has 2 aliphatic rings. The molecule has 1 aliphatic carbocycles. The highest BCUT2D eigenvalue weighted by atomic mass is 16.2. The van der Waals surface area contributed by atoms with E-state index in [1.165, 1.54) is 12.8 Å². The Kier molecular flexibility index (Phi) is 5.23. The number of carbonyl (C=O) groups is 2. The molecule has 0 aromatic heterocycles. The average molecular weight is 362 g/mol. The Hall–Kier alpha value is -2.62. The molecule has 2 amide bonds. The van der Waals surface area contributed by atoms with E-state index < -0.39 is 0 Å². The Bertz CT molecular complexity index is 745. The number of hydrogen-bond acceptors (Lipinski definition) is 2. The van der Waals surface area contributed by atoms with Crippen molar-refractivity contribution in [2.45, 2.75) is 44.2 Å². The number of benzene rings is 2. The van der Waals surface area contributed by atoms with Crippen LogP contribution in [0.5, 0.6) is 0 Å². The summed E-state index contributed by atoms with van der Waals surface area (Å²) in [6, 6.07) is 20.2. The number of carbonyl (C=O) groups excluding carboxylic acids is 2. The second-order valence-corrected chi connectivity index (χ2v) is 7.65. The third kappa shape index (κ3) is 3.90. The van der Waals surface area contributed by atoms with Crippen molar-refractivity contribution >= 4 is 11.8 Å². The van der Waals surface area contributed by atoms with Crippen molar-refractivity contribution in [3.05, 3.63) is 71.8 Å². The second kappa shape index (κ2) is 7.95. The van der Waals surface area contributed by atoms with Crippen LogP contribution in [-0.2, 0) is 9.59 Å². The monoisotopic (exact) mass is 362 g/mol. The van der Waals surface area contributed by atoms with E-state index in [0.29, 0.717) is 19.0 Å². The molecule has 2 fully saturated rings. The maximum absolute atomic E-state index is 13.0. The molecule has 140 valence electrons. The Morgan fingerprint density at radius 2 is 1.48 bits per heavy atom. The first-order valence-electron chi connectivity index (χ1n) is 9.92. The number of rotatable bonds is 5. The van der Waals surface area contributed by atoms with Gasteiger partial charge in [-0.25, -0.2) is 0 Å². The first-order valence-corrected chi connectivity index (χ1v) is 9.92. The van der Waals surface area contributed by atoms with E-state index in [2.05, 4.69) is 5.32 Å². The van der Waals surface area contributed by atoms with E-state index in [1.807, 2.05) is 65.6 Å². The molecule has 2 aromatic carbocycles. The van der Waals surface area contributed by atoms with Crippen LogP contribution in [0.4, 0.5) is 0 Å². The van der Waals surface area contributed by atoms with Gasteiger partial charge >= 0.3 is 0 Å². The minimum atomic E-state index is -0.256. The number of nitrogens with one attached hydrogen (secondary N) is 1. The van der Waals surface area contributed by atoms with Crippen LogP contribution in [0.3, 0.4) is 0 Å². The van der Waals surface area contributed by atoms with Crippen molar-refractivity contribution < 1.29 is 9.59 Å². The summed E-state index contributed by atoms with van der Waals surface area (Å²) in [4.78, 5) is 27.4. The molecule has 1 saturated heterocycles. The number of hydrogen-bond donors (Lipinski definition) is 1. The summed E-state index contributed by atoms with van der Waals surface area (Å²) in [5, 5.41) is 3.21. The van der Waals surface area contributed by atoms with Gasteiger partial charge in [0.15, 0.2) is 0 Å². The van der Waals surface area contributed by atoms with Gasteiger partial charge in [0.05, 0.1) is 12.0 Å². The molecule has 1 saturated carbocycles. The summed E-state index contributed by atoms with van der Waals surface area (Å²) >= 11 is 0. The summed E-state index contributed by atoms with van der Waals surface area (Å²) in [5.74, 6) is -0.146. The molecule has 0 spiro atoms. The van der Waals surface area contributed by atoms with Gasteiger partial charge in [0.2, 0.25) is 11.8 Å². The topological polar surface area (TPSA) is 49.4 Å². The first-order chi connectivity index (χ1) is 13.2. The van der Waals surface area contributed by atoms with Gasteiger partial charge < -0.3 is 10.2 Å². The lowest BCUT2D eigenvalue weighted by Crippen LogP contribution is -2.38. The van der Waals surface area contributed by atoms with Gasteiger partial charge in [-0.15, -0.1) is 0 Å². The van der Waals surface area contributed by atoms with E-state index in [4.69, 9.17) is 0 Å². The van der Waals surface area contributed by atoms with Crippen molar-refractivity contribution in [2.24, 2.45) is 5.92 Å². The molecular formula is C23H26N2O2. The Morgan fingerprint density at radius 1 is 0.926 bits per heavy atom. The van der Waals surface area contributed by atoms with Crippen LogP contribution in [0.15, 0.2) is 60.7 Å². The molecular weight excluding hydrogens is 336 g/mol. The fraction of sp³-hybridized carbons (Fsp3) is 0.391. The normalized spacial score (nSPS) is 20.4. The lowest BCUT2D eigenvalue weighted by atomic mass is 9.97. The highest BCUT2D eigenvalue weighted by Crippen LogP contribution is 2.30. The van der Waals surface area contributed by atoms with Crippen LogP contribution in [0, 0.1) is 5.92 Å². The minimum Gasteiger partial charge on any atom is -0.345 e. The molecule has 1 N–H and O–H groups in total. The third-order valence-corrected chi connectivity index (χ3v) is 5.85. The molecule has 1 heterocycles. The van der Waals surface area contributed by atoms with Gasteiger partial charge in [-0.05, 0) is 24.0 Å². The van der Waals surface area contributed by atoms with Crippen LogP contribution >= 0.6 is 0 Å². The SMILES string of the molecule is O=C(NC(c1ccccc1)c1ccccc1)[C@H]1CC(=O)N(C2CCCC2)C1. The first kappa shape index (κ1) is 17.8. The Balaban J connectivity index is 1.50. The van der Waals surface area contributed by atoms with Crippen molar-refractivity contribution in [1.82, 2.24) is 10.2 Å². The number of amides is 2. The molecule has 2 aromatic rings. The van der Waals surface area contributed by atoms with Crippen LogP contribution in [0.2, 0.25) is 0 Å². The summed E-state index contributed by atoms with van der Waals surface area (Å²) in [6.07, 6.45) is 4.87. The van der Waals surface area contributed by atoms with E-state index >= 15 is 0 Å². The standard InChI is InChI=1S/C23H26N2O2/c26-21-15-19(16-25(21)20-13-7-8-14-20)23(27)24-22(17-9-3-1-4-10-17)18-11-5-2-6-12-18/h1-6,9-12,19-20,22H,7-8,13-16H2,(H,24,27)/t19-/m0/s1. The summed E-state index contributed by atoms with van der Waals surface area (Å²) < 4.78 is 0. The van der Waals surface area contributed by atoms with Crippen LogP contribution < -0.4 is 5.32 Å². The minimum absolute atomic E-state index is 0.0263. The molecule has 0 bridgehead atoms. The fourth-order valence-corrected chi connectivity index (χ4v) is 4.39. The Labute approximate surface area is 160 Å². The number of likely N-dealkylation sites (tertiary alicyclic amines) is 1. The zero-order chi connectivity index (χ0) is 18.6. The molecule has 4 heteroatoms. The largest absolute Gasteiger partial charge is 0.345 e. The van der Waals surface area contributed by atoms with Crippen molar-refractivity contribution in [2.75, 3.05) is 6.54 Å². The van der Waals surface area contributed by atoms with Crippen molar-refractivity contribution in [3.8, 4) is 0 Å². The smallest absolute Gasteiger partial charge is 0.226 e. The van der Waals surface area contributed by atoms with Gasteiger partial charge in [0.25, 0.3) is 0 Å². The zero-order valence-electron chi connectivity index (χ0n) is 15.5. The van der Waals surface area contributed by atoms with Gasteiger partial charge in [0.1, 0.15) is 0 Å². The lowest BCUT2D eigenvalue weighted by molar-refractivity contribution is -0.130. The van der Waals surface area contributed by atoms with E-state index in [-0.39, 0.29) is 23.8 Å². The van der Waals surface area contributed by atoms with Gasteiger partial charge in [0, 0.05) is 19.0 Å². The predicted molar refractivity (Wildman–Crippen MR) is 105 cm³/mol. The zero-order valence-corrected chi connectivity index (χ0v) is 15.5. The summed E-state index contributed by atoms with van der Waals surface area (Å²) in [7, 11) is 0. The fourth-order valence-electron chi connectivity index (χ4n) is 4.39. The van der Waals surface area contributed by atoms with E-state index in [1.54, 1.807) is 0 Å². The van der Waals surface area contributed by atoms with Crippen LogP contribution in [0.25, 0.3) is 0 Å². The van der Waals surface area contributed by atoms with Gasteiger partial charge in [-0.2, -0.15) is 0 Å². The molecule has 0 radical (unpaired) electrons. The molecule has 27 heavy (non-hydrogen) atoms. The summed E-state index contributed by atoms with van der Waals surface area (Å²) in [5.41, 5.74) is 2.10. The third-order valence-electron chi connectivity index (χ3n) is 5.85. The number of nitrogens with zero attached hydrogens (tertiary/aromatic N) is 1. The van der Waals surface area contributed by atoms with E-state index in [0.717, 1.165) is 24.0 Å². The second-order valence-electron chi connectivity index (χ2n) is 7.65. The van der Waals surface area contributed by atoms with Crippen molar-refractivity contribution in [3.63, 3.8) is 0 Å². The molecule has 4 rings (SSSR count). The Morgan fingerprint density at radius 3 is 2.04 bits per heavy atom. The van der Waals surface area contributed by atoms with Gasteiger partial charge in [-0.1, -0.05) is 73.5 Å². The highest BCUT2D eigenvalue weighted by Gasteiger charge is 2.39. The quantitative estimate of drug-likeness (QED) is 0.882. The van der Waals surface area contributed by atoms with Gasteiger partial charge in [-0.3, -0.25) is 9.59 Å². The highest BCUT2D eigenvalue weighted by molar-refractivity contribution is 5.89. The lowest BCUT2D eigenvalue weighted by Gasteiger charge is -2.25. The molecule has 4 nitrogen and oxygen atoms in total. The van der Waals surface area contributed by atoms with Crippen LogP contribution in [-0.4, -0.2) is 29.3 Å². The predicted octanol–water partition coefficient (Wildman–Crippen LogP) is 3.68. The van der Waals surface area contributed by atoms with Crippen molar-refractivity contribution in [1.29, 1.82) is 0 Å². The average Bonchev–Trinajstić information content (AvgIpc) is 3.37. The molecule has 1 atom stereocenters.